The molecule has 0 saturated heterocycles. The van der Waals surface area contributed by atoms with Crippen molar-refractivity contribution >= 4 is 10.0 Å². The van der Waals surface area contributed by atoms with E-state index < -0.39 is 10.0 Å². The minimum Gasteiger partial charge on any atom is -0.493 e. The lowest BCUT2D eigenvalue weighted by Crippen LogP contribution is -2.27. The van der Waals surface area contributed by atoms with Crippen LogP contribution in [-0.2, 0) is 23.0 Å². The molecule has 0 bridgehead atoms. The van der Waals surface area contributed by atoms with Crippen LogP contribution in [0, 0.1) is 0 Å². The first-order valence-corrected chi connectivity index (χ1v) is 9.65. The van der Waals surface area contributed by atoms with Gasteiger partial charge in [-0.1, -0.05) is 0 Å². The Morgan fingerprint density at radius 2 is 2.12 bits per heavy atom. The first kappa shape index (κ1) is 16.7. The third-order valence-corrected chi connectivity index (χ3v) is 5.53. The Morgan fingerprint density at radius 1 is 1.19 bits per heavy atom. The topological polar surface area (TPSA) is 99.0 Å². The number of rotatable bonds is 6. The minimum atomic E-state index is -3.57. The summed E-state index contributed by atoms with van der Waals surface area (Å²) in [5.74, 6) is 0.761. The van der Waals surface area contributed by atoms with E-state index in [2.05, 4.69) is 19.8 Å². The smallest absolute Gasteiger partial charge is 0.240 e. The molecule has 0 spiro atoms. The molecule has 4 rings (SSSR count). The van der Waals surface area contributed by atoms with Gasteiger partial charge in [-0.2, -0.15) is 5.10 Å². The number of sulfonamides is 1. The maximum absolute atomic E-state index is 12.4. The highest BCUT2D eigenvalue weighted by atomic mass is 32.2. The van der Waals surface area contributed by atoms with Crippen molar-refractivity contribution in [2.75, 3.05) is 13.2 Å². The van der Waals surface area contributed by atoms with Gasteiger partial charge in [0.2, 0.25) is 10.0 Å². The summed E-state index contributed by atoms with van der Waals surface area (Å²) in [4.78, 5) is 8.45. The molecule has 3 aromatic rings. The van der Waals surface area contributed by atoms with Crippen molar-refractivity contribution in [3.63, 3.8) is 0 Å². The van der Waals surface area contributed by atoms with Gasteiger partial charge in [0.15, 0.2) is 0 Å². The van der Waals surface area contributed by atoms with Crippen molar-refractivity contribution < 1.29 is 13.2 Å². The second-order valence-corrected chi connectivity index (χ2v) is 7.59. The van der Waals surface area contributed by atoms with Gasteiger partial charge in [0.25, 0.3) is 0 Å². The van der Waals surface area contributed by atoms with Crippen LogP contribution in [0.15, 0.2) is 53.9 Å². The molecule has 0 fully saturated rings. The number of nitrogens with one attached hydrogen (secondary N) is 1. The lowest BCUT2D eigenvalue weighted by Gasteiger charge is -2.08. The normalized spacial score (nSPS) is 13.4. The number of fused-ring (bicyclic) bond motifs is 1. The van der Waals surface area contributed by atoms with E-state index in [1.165, 1.54) is 0 Å². The highest BCUT2D eigenvalue weighted by Gasteiger charge is 2.19. The molecule has 8 nitrogen and oxygen atoms in total. The number of benzene rings is 1. The summed E-state index contributed by atoms with van der Waals surface area (Å²) in [7, 11) is -3.57. The third kappa shape index (κ3) is 3.44. The average molecular weight is 371 g/mol. The third-order valence-electron chi connectivity index (χ3n) is 4.07. The molecule has 0 aliphatic carbocycles. The standard InChI is InChI=1S/C17H17N5O3S/c23-26(24,14-1-2-17-13(11-14)4-10-25-17)20-7-9-22-8-3-15(21-22)16-12-18-5-6-19-16/h1-3,5-6,8,11-12,20H,4,7,9-10H2. The second kappa shape index (κ2) is 6.85. The van der Waals surface area contributed by atoms with Crippen LogP contribution in [0.2, 0.25) is 0 Å². The molecule has 1 aliphatic heterocycles. The van der Waals surface area contributed by atoms with Crippen LogP contribution in [0.1, 0.15) is 5.56 Å². The molecule has 3 heterocycles. The maximum Gasteiger partial charge on any atom is 0.240 e. The Balaban J connectivity index is 1.39. The van der Waals surface area contributed by atoms with Crippen LogP contribution in [0.3, 0.4) is 0 Å². The molecule has 0 radical (unpaired) electrons. The van der Waals surface area contributed by atoms with Gasteiger partial charge in [0.1, 0.15) is 17.1 Å². The highest BCUT2D eigenvalue weighted by molar-refractivity contribution is 7.89. The fourth-order valence-corrected chi connectivity index (χ4v) is 3.83. The molecule has 0 atom stereocenters. The van der Waals surface area contributed by atoms with Crippen LogP contribution in [0.25, 0.3) is 11.4 Å². The predicted molar refractivity (Wildman–Crippen MR) is 94.1 cm³/mol. The fourth-order valence-electron chi connectivity index (χ4n) is 2.76. The van der Waals surface area contributed by atoms with E-state index in [4.69, 9.17) is 4.74 Å². The highest BCUT2D eigenvalue weighted by Crippen LogP contribution is 2.27. The zero-order valence-corrected chi connectivity index (χ0v) is 14.7. The summed E-state index contributed by atoms with van der Waals surface area (Å²) in [5.41, 5.74) is 2.29. The average Bonchev–Trinajstić information content (AvgIpc) is 3.31. The Morgan fingerprint density at radius 3 is 2.96 bits per heavy atom. The molecule has 1 aliphatic rings. The lowest BCUT2D eigenvalue weighted by molar-refractivity contribution is 0.356. The summed E-state index contributed by atoms with van der Waals surface area (Å²) in [6, 6.07) is 6.76. The molecular formula is C17H17N5O3S. The molecular weight excluding hydrogens is 354 g/mol. The van der Waals surface area contributed by atoms with E-state index in [0.29, 0.717) is 24.5 Å². The van der Waals surface area contributed by atoms with Crippen LogP contribution >= 0.6 is 0 Å². The lowest BCUT2D eigenvalue weighted by atomic mass is 10.2. The Labute approximate surface area is 150 Å². The van der Waals surface area contributed by atoms with Gasteiger partial charge in [0.05, 0.1) is 24.2 Å². The van der Waals surface area contributed by atoms with Gasteiger partial charge in [-0.25, -0.2) is 13.1 Å². The number of nitrogens with zero attached hydrogens (tertiary/aromatic N) is 4. The van der Waals surface area contributed by atoms with E-state index in [1.807, 2.05) is 6.07 Å². The summed E-state index contributed by atoms with van der Waals surface area (Å²) in [6.45, 7) is 1.24. The van der Waals surface area contributed by atoms with Crippen molar-refractivity contribution in [1.82, 2.24) is 24.5 Å². The summed E-state index contributed by atoms with van der Waals surface area (Å²) in [6.07, 6.45) is 7.35. The molecule has 0 saturated carbocycles. The number of aromatic nitrogens is 4. The van der Waals surface area contributed by atoms with Crippen molar-refractivity contribution in [3.05, 3.63) is 54.6 Å². The van der Waals surface area contributed by atoms with E-state index in [-0.39, 0.29) is 11.4 Å². The molecule has 1 aromatic carbocycles. The second-order valence-electron chi connectivity index (χ2n) is 5.82. The quantitative estimate of drug-likeness (QED) is 0.700. The number of hydrogen-bond acceptors (Lipinski definition) is 6. The van der Waals surface area contributed by atoms with Gasteiger partial charge in [-0.3, -0.25) is 14.6 Å². The minimum absolute atomic E-state index is 0.234. The largest absolute Gasteiger partial charge is 0.493 e. The Hall–Kier alpha value is -2.78. The molecule has 9 heteroatoms. The van der Waals surface area contributed by atoms with Crippen LogP contribution in [0.4, 0.5) is 0 Å². The van der Waals surface area contributed by atoms with Gasteiger partial charge in [-0.15, -0.1) is 0 Å². The van der Waals surface area contributed by atoms with Crippen LogP contribution < -0.4 is 9.46 Å². The van der Waals surface area contributed by atoms with Crippen LogP contribution in [0.5, 0.6) is 5.75 Å². The van der Waals surface area contributed by atoms with Crippen molar-refractivity contribution in [1.29, 1.82) is 0 Å². The summed E-state index contributed by atoms with van der Waals surface area (Å²) >= 11 is 0. The number of ether oxygens (including phenoxy) is 1. The molecule has 2 aromatic heterocycles. The first-order valence-electron chi connectivity index (χ1n) is 8.17. The predicted octanol–water partition coefficient (Wildman–Crippen LogP) is 1.25. The van der Waals surface area contributed by atoms with E-state index in [1.54, 1.807) is 47.7 Å². The monoisotopic (exact) mass is 371 g/mol. The molecule has 1 N–H and O–H groups in total. The number of hydrogen-bond donors (Lipinski definition) is 1. The molecule has 0 amide bonds. The van der Waals surface area contributed by atoms with Crippen molar-refractivity contribution in [2.45, 2.75) is 17.9 Å². The Kier molecular flexibility index (Phi) is 4.39. The molecule has 134 valence electrons. The van der Waals surface area contributed by atoms with Gasteiger partial charge in [0, 0.05) is 31.6 Å². The summed E-state index contributed by atoms with van der Waals surface area (Å²) < 4.78 is 34.6. The zero-order valence-electron chi connectivity index (χ0n) is 13.9. The van der Waals surface area contributed by atoms with Gasteiger partial charge in [-0.05, 0) is 29.8 Å². The van der Waals surface area contributed by atoms with E-state index in [0.717, 1.165) is 17.7 Å². The van der Waals surface area contributed by atoms with Crippen molar-refractivity contribution in [3.8, 4) is 17.1 Å². The summed E-state index contributed by atoms with van der Waals surface area (Å²) in [5, 5.41) is 4.38. The van der Waals surface area contributed by atoms with Gasteiger partial charge < -0.3 is 4.74 Å². The fraction of sp³-hybridized carbons (Fsp3) is 0.235. The molecule has 0 unspecified atom stereocenters. The van der Waals surface area contributed by atoms with E-state index in [9.17, 15) is 8.42 Å². The van der Waals surface area contributed by atoms with E-state index >= 15 is 0 Å². The Bertz CT molecular complexity index is 1020. The first-order chi connectivity index (χ1) is 12.6. The van der Waals surface area contributed by atoms with Gasteiger partial charge >= 0.3 is 0 Å². The van der Waals surface area contributed by atoms with Crippen molar-refractivity contribution in [2.24, 2.45) is 0 Å². The maximum atomic E-state index is 12.4. The van der Waals surface area contributed by atoms with Crippen LogP contribution in [-0.4, -0.2) is 41.3 Å². The SMILES string of the molecule is O=S(=O)(NCCn1ccc(-c2cnccn2)n1)c1ccc2c(c1)CCO2. The zero-order chi connectivity index (χ0) is 18.0. The molecule has 26 heavy (non-hydrogen) atoms.